The van der Waals surface area contributed by atoms with Gasteiger partial charge in [-0.25, -0.2) is 0 Å². The number of ether oxygens (including phenoxy) is 1. The Balaban J connectivity index is 2.35. The van der Waals surface area contributed by atoms with Crippen molar-refractivity contribution < 1.29 is 9.53 Å². The maximum atomic E-state index is 10.6. The van der Waals surface area contributed by atoms with Crippen LogP contribution < -0.4 is 0 Å². The Morgan fingerprint density at radius 3 is 2.67 bits per heavy atom. The molecule has 0 aromatic heterocycles. The van der Waals surface area contributed by atoms with Gasteiger partial charge in [-0.3, -0.25) is 4.79 Å². The van der Waals surface area contributed by atoms with Crippen molar-refractivity contribution in [1.29, 1.82) is 0 Å². The van der Waals surface area contributed by atoms with Crippen LogP contribution in [0.3, 0.4) is 0 Å². The van der Waals surface area contributed by atoms with Crippen LogP contribution in [0.25, 0.3) is 0 Å². The first-order chi connectivity index (χ1) is 6.99. The Bertz CT molecular complexity index is 326. The van der Waals surface area contributed by atoms with Crippen molar-refractivity contribution in [3.05, 3.63) is 11.6 Å². The molecule has 0 heterocycles. The van der Waals surface area contributed by atoms with Crippen LogP contribution in [0.2, 0.25) is 0 Å². The topological polar surface area (TPSA) is 26.3 Å². The second-order valence-corrected chi connectivity index (χ2v) is 4.29. The summed E-state index contributed by atoms with van der Waals surface area (Å²) in [7, 11) is 0. The van der Waals surface area contributed by atoms with Crippen molar-refractivity contribution in [3.8, 4) is 11.8 Å². The number of rotatable bonds is 2. The molecule has 3 atom stereocenters. The fraction of sp³-hybridized carbons (Fsp3) is 0.615. The molecule has 15 heavy (non-hydrogen) atoms. The molecule has 0 amide bonds. The molecule has 1 fully saturated rings. The van der Waals surface area contributed by atoms with Crippen molar-refractivity contribution in [2.24, 2.45) is 11.8 Å². The molecule has 82 valence electrons. The van der Waals surface area contributed by atoms with Crippen LogP contribution in [0, 0.1) is 23.7 Å². The van der Waals surface area contributed by atoms with Crippen molar-refractivity contribution in [1.82, 2.24) is 0 Å². The number of carbonyl (C=O) groups is 1. The van der Waals surface area contributed by atoms with E-state index >= 15 is 0 Å². The van der Waals surface area contributed by atoms with Crippen LogP contribution in [0.15, 0.2) is 11.6 Å². The third kappa shape index (κ3) is 4.69. The molecule has 0 aliphatic heterocycles. The van der Waals surface area contributed by atoms with Gasteiger partial charge in [-0.15, -0.1) is 0 Å². The number of carbonyl (C=O) groups excluding carboxylic acids is 1. The molecular weight excluding hydrogens is 188 g/mol. The standard InChI is InChI=1S/C13H18O2/c1-9(2)7-13-8-12(13)6-5-10(3)15-11(4)14/h7,10,12-13H,8H2,1-4H3/t10?,12-,13-/m1/s1. The zero-order valence-corrected chi connectivity index (χ0v) is 9.83. The predicted octanol–water partition coefficient (Wildman–Crippen LogP) is 2.54. The van der Waals surface area contributed by atoms with Crippen LogP contribution in [0.4, 0.5) is 0 Å². The maximum Gasteiger partial charge on any atom is 0.303 e. The van der Waals surface area contributed by atoms with Crippen LogP contribution in [-0.4, -0.2) is 12.1 Å². The average molecular weight is 206 g/mol. The third-order valence-electron chi connectivity index (χ3n) is 2.20. The lowest BCUT2D eigenvalue weighted by Gasteiger charge is -2.02. The second kappa shape index (κ2) is 5.02. The molecule has 0 radical (unpaired) electrons. The normalized spacial score (nSPS) is 24.5. The highest BCUT2D eigenvalue weighted by atomic mass is 16.5. The SMILES string of the molecule is CC(=O)OC(C)C#C[C@@H]1C[C@H]1C=C(C)C. The van der Waals surface area contributed by atoms with Crippen molar-refractivity contribution in [2.75, 3.05) is 0 Å². The molecule has 1 aliphatic carbocycles. The van der Waals surface area contributed by atoms with Gasteiger partial charge in [0, 0.05) is 12.8 Å². The molecule has 1 unspecified atom stereocenters. The fourth-order valence-electron chi connectivity index (χ4n) is 1.50. The molecule has 0 N–H and O–H groups in total. The van der Waals surface area contributed by atoms with E-state index in [1.54, 1.807) is 6.92 Å². The van der Waals surface area contributed by atoms with E-state index in [0.717, 1.165) is 6.42 Å². The fourth-order valence-corrected chi connectivity index (χ4v) is 1.50. The quantitative estimate of drug-likeness (QED) is 0.394. The molecule has 1 rings (SSSR count). The van der Waals surface area contributed by atoms with E-state index in [1.807, 2.05) is 0 Å². The average Bonchev–Trinajstić information content (AvgIpc) is 2.77. The third-order valence-corrected chi connectivity index (χ3v) is 2.20. The summed E-state index contributed by atoms with van der Waals surface area (Å²) < 4.78 is 4.92. The van der Waals surface area contributed by atoms with Crippen LogP contribution in [0.1, 0.15) is 34.1 Å². The first-order valence-electron chi connectivity index (χ1n) is 5.32. The summed E-state index contributed by atoms with van der Waals surface area (Å²) in [6, 6.07) is 0. The van der Waals surface area contributed by atoms with Gasteiger partial charge in [0.1, 0.15) is 0 Å². The van der Waals surface area contributed by atoms with Gasteiger partial charge in [0.05, 0.1) is 0 Å². The zero-order valence-electron chi connectivity index (χ0n) is 9.83. The number of hydrogen-bond donors (Lipinski definition) is 0. The summed E-state index contributed by atoms with van der Waals surface area (Å²) in [5.74, 6) is 6.92. The van der Waals surface area contributed by atoms with E-state index in [0.29, 0.717) is 11.8 Å². The zero-order chi connectivity index (χ0) is 11.4. The second-order valence-electron chi connectivity index (χ2n) is 4.29. The van der Waals surface area contributed by atoms with Crippen molar-refractivity contribution in [2.45, 2.75) is 40.2 Å². The first kappa shape index (κ1) is 11.8. The van der Waals surface area contributed by atoms with Crippen LogP contribution >= 0.6 is 0 Å². The molecular formula is C13H18O2. The highest BCUT2D eigenvalue weighted by Crippen LogP contribution is 2.39. The Morgan fingerprint density at radius 1 is 1.47 bits per heavy atom. The summed E-state index contributed by atoms with van der Waals surface area (Å²) >= 11 is 0. The lowest BCUT2D eigenvalue weighted by molar-refractivity contribution is -0.143. The number of esters is 1. The number of hydrogen-bond acceptors (Lipinski definition) is 2. The predicted molar refractivity (Wildman–Crippen MR) is 60.0 cm³/mol. The minimum atomic E-state index is -0.282. The summed E-state index contributed by atoms with van der Waals surface area (Å²) in [6.07, 6.45) is 3.12. The van der Waals surface area contributed by atoms with E-state index in [-0.39, 0.29) is 12.1 Å². The summed E-state index contributed by atoms with van der Waals surface area (Å²) in [5, 5.41) is 0. The Labute approximate surface area is 91.7 Å². The Kier molecular flexibility index (Phi) is 3.96. The molecule has 2 heteroatoms. The van der Waals surface area contributed by atoms with Crippen LogP contribution in [-0.2, 0) is 9.53 Å². The Morgan fingerprint density at radius 2 is 2.13 bits per heavy atom. The van der Waals surface area contributed by atoms with E-state index < -0.39 is 0 Å². The lowest BCUT2D eigenvalue weighted by Crippen LogP contribution is -2.09. The molecule has 1 aliphatic rings. The first-order valence-corrected chi connectivity index (χ1v) is 5.32. The minimum Gasteiger partial charge on any atom is -0.450 e. The van der Waals surface area contributed by atoms with Crippen molar-refractivity contribution >= 4 is 5.97 Å². The van der Waals surface area contributed by atoms with Gasteiger partial charge < -0.3 is 4.74 Å². The monoisotopic (exact) mass is 206 g/mol. The summed E-state index contributed by atoms with van der Waals surface area (Å²) in [4.78, 5) is 10.6. The summed E-state index contributed by atoms with van der Waals surface area (Å²) in [6.45, 7) is 7.41. The van der Waals surface area contributed by atoms with Gasteiger partial charge in [0.25, 0.3) is 0 Å². The van der Waals surface area contributed by atoms with Gasteiger partial charge in [0.2, 0.25) is 0 Å². The van der Waals surface area contributed by atoms with Gasteiger partial charge in [-0.1, -0.05) is 23.5 Å². The van der Waals surface area contributed by atoms with Gasteiger partial charge >= 0.3 is 5.97 Å². The van der Waals surface area contributed by atoms with E-state index in [2.05, 4.69) is 31.8 Å². The Hall–Kier alpha value is -1.23. The molecule has 0 bridgehead atoms. The molecule has 1 saturated carbocycles. The molecule has 0 aromatic rings. The molecule has 0 spiro atoms. The smallest absolute Gasteiger partial charge is 0.303 e. The lowest BCUT2D eigenvalue weighted by atomic mass is 10.2. The van der Waals surface area contributed by atoms with E-state index in [4.69, 9.17) is 4.74 Å². The molecule has 0 aromatic carbocycles. The molecule has 2 nitrogen and oxygen atoms in total. The van der Waals surface area contributed by atoms with Gasteiger partial charge in [-0.05, 0) is 33.1 Å². The van der Waals surface area contributed by atoms with Crippen LogP contribution in [0.5, 0.6) is 0 Å². The molecule has 0 saturated heterocycles. The largest absolute Gasteiger partial charge is 0.450 e. The summed E-state index contributed by atoms with van der Waals surface area (Å²) in [5.41, 5.74) is 1.34. The van der Waals surface area contributed by atoms with E-state index in [1.165, 1.54) is 12.5 Å². The maximum absolute atomic E-state index is 10.6. The van der Waals surface area contributed by atoms with E-state index in [9.17, 15) is 4.79 Å². The van der Waals surface area contributed by atoms with Gasteiger partial charge in [0.15, 0.2) is 6.10 Å². The van der Waals surface area contributed by atoms with Gasteiger partial charge in [-0.2, -0.15) is 0 Å². The highest BCUT2D eigenvalue weighted by Gasteiger charge is 2.33. The number of allylic oxidation sites excluding steroid dienone is 2. The highest BCUT2D eigenvalue weighted by molar-refractivity contribution is 5.66. The van der Waals surface area contributed by atoms with Crippen molar-refractivity contribution in [3.63, 3.8) is 0 Å². The minimum absolute atomic E-state index is 0.270.